The van der Waals surface area contributed by atoms with Crippen LogP contribution in [0.3, 0.4) is 0 Å². The lowest BCUT2D eigenvalue weighted by Gasteiger charge is -2.28. The molecule has 100 valence electrons. The lowest BCUT2D eigenvalue weighted by Crippen LogP contribution is -2.31. The third kappa shape index (κ3) is 3.35. The van der Waals surface area contributed by atoms with Crippen LogP contribution in [0.1, 0.15) is 37.6 Å². The maximum atomic E-state index is 10.8. The van der Waals surface area contributed by atoms with Crippen LogP contribution in [-0.2, 0) is 0 Å². The first-order chi connectivity index (χ1) is 8.32. The van der Waals surface area contributed by atoms with Crippen molar-refractivity contribution in [3.05, 3.63) is 17.8 Å². The van der Waals surface area contributed by atoms with Crippen molar-refractivity contribution in [1.29, 1.82) is 0 Å². The zero-order valence-electron chi connectivity index (χ0n) is 11.3. The van der Waals surface area contributed by atoms with Gasteiger partial charge < -0.3 is 15.7 Å². The fourth-order valence-electron chi connectivity index (χ4n) is 1.94. The van der Waals surface area contributed by atoms with E-state index < -0.39 is 5.97 Å². The van der Waals surface area contributed by atoms with Gasteiger partial charge in [0.1, 0.15) is 0 Å². The Bertz CT molecular complexity index is 432. The molecule has 0 aliphatic carbocycles. The first-order valence-electron chi connectivity index (χ1n) is 6.04. The minimum absolute atomic E-state index is 0.112. The molecule has 1 rings (SSSR count). The fraction of sp³-hybridized carbons (Fsp3) is 0.538. The van der Waals surface area contributed by atoms with Crippen LogP contribution in [-0.4, -0.2) is 29.1 Å². The smallest absolute Gasteiger partial charge is 0.337 e. The van der Waals surface area contributed by atoms with E-state index >= 15 is 0 Å². The van der Waals surface area contributed by atoms with Gasteiger partial charge >= 0.3 is 5.97 Å². The molecule has 5 heteroatoms. The summed E-state index contributed by atoms with van der Waals surface area (Å²) in [6.07, 6.45) is 2.37. The van der Waals surface area contributed by atoms with Crippen molar-refractivity contribution in [1.82, 2.24) is 4.98 Å². The van der Waals surface area contributed by atoms with Crippen molar-refractivity contribution in [2.24, 2.45) is 5.92 Å². The number of nitrogens with zero attached hydrogens (tertiary/aromatic N) is 2. The number of aromatic carboxylic acids is 1. The van der Waals surface area contributed by atoms with E-state index in [9.17, 15) is 4.79 Å². The molecule has 1 aromatic rings. The van der Waals surface area contributed by atoms with Gasteiger partial charge in [0.25, 0.3) is 0 Å². The lowest BCUT2D eigenvalue weighted by molar-refractivity contribution is 0.0696. The maximum Gasteiger partial charge on any atom is 0.337 e. The van der Waals surface area contributed by atoms with E-state index in [1.54, 1.807) is 0 Å². The molecular formula is C13H21N3O2. The highest BCUT2D eigenvalue weighted by Gasteiger charge is 2.16. The predicted molar refractivity (Wildman–Crippen MR) is 72.9 cm³/mol. The highest BCUT2D eigenvalue weighted by molar-refractivity contribution is 5.89. The summed E-state index contributed by atoms with van der Waals surface area (Å²) in [4.78, 5) is 16.9. The Morgan fingerprint density at radius 1 is 1.50 bits per heavy atom. The first-order valence-corrected chi connectivity index (χ1v) is 6.04. The van der Waals surface area contributed by atoms with E-state index in [-0.39, 0.29) is 5.56 Å². The van der Waals surface area contributed by atoms with Crippen molar-refractivity contribution in [3.8, 4) is 0 Å². The lowest BCUT2D eigenvalue weighted by atomic mass is 10.0. The molecule has 0 spiro atoms. The predicted octanol–water partition coefficient (Wildman–Crippen LogP) is 2.23. The molecule has 0 saturated heterocycles. The fourth-order valence-corrected chi connectivity index (χ4v) is 1.94. The Balaban J connectivity index is 2.92. The van der Waals surface area contributed by atoms with Crippen molar-refractivity contribution < 1.29 is 9.90 Å². The number of pyridine rings is 1. The van der Waals surface area contributed by atoms with Crippen LogP contribution >= 0.6 is 0 Å². The molecule has 0 bridgehead atoms. The van der Waals surface area contributed by atoms with Gasteiger partial charge in [0.2, 0.25) is 0 Å². The maximum absolute atomic E-state index is 10.8. The van der Waals surface area contributed by atoms with Gasteiger partial charge in [0, 0.05) is 19.3 Å². The normalized spacial score (nSPS) is 12.5. The number of carbonyl (C=O) groups is 1. The molecule has 0 aliphatic heterocycles. The van der Waals surface area contributed by atoms with Crippen LogP contribution in [0.25, 0.3) is 0 Å². The third-order valence-corrected chi connectivity index (χ3v) is 2.95. The van der Waals surface area contributed by atoms with Crippen LogP contribution in [0.15, 0.2) is 12.3 Å². The van der Waals surface area contributed by atoms with Crippen molar-refractivity contribution in [2.75, 3.05) is 17.7 Å². The number of aromatic nitrogens is 1. The van der Waals surface area contributed by atoms with Gasteiger partial charge in [-0.3, -0.25) is 0 Å². The topological polar surface area (TPSA) is 79.5 Å². The van der Waals surface area contributed by atoms with Gasteiger partial charge in [-0.1, -0.05) is 13.8 Å². The van der Waals surface area contributed by atoms with Crippen molar-refractivity contribution >= 4 is 17.5 Å². The molecule has 0 aliphatic rings. The van der Waals surface area contributed by atoms with Gasteiger partial charge in [-0.05, 0) is 25.3 Å². The van der Waals surface area contributed by atoms with E-state index in [1.807, 2.05) is 11.9 Å². The summed E-state index contributed by atoms with van der Waals surface area (Å²) in [6.45, 7) is 6.43. The second kappa shape index (κ2) is 5.71. The molecule has 1 atom stereocenters. The SMILES string of the molecule is CC(C)CC(C)N(C)c1ncc(C(=O)O)cc1N. The largest absolute Gasteiger partial charge is 0.478 e. The molecule has 0 amide bonds. The number of carboxylic acid groups (broad SMARTS) is 1. The standard InChI is InChI=1S/C13H21N3O2/c1-8(2)5-9(3)16(4)12-11(14)6-10(7-15-12)13(17)18/h6-9H,5,14H2,1-4H3,(H,17,18). The van der Waals surface area contributed by atoms with E-state index in [0.717, 1.165) is 6.42 Å². The summed E-state index contributed by atoms with van der Waals surface area (Å²) in [6, 6.07) is 1.75. The average molecular weight is 251 g/mol. The number of nitrogens with two attached hydrogens (primary N) is 1. The molecule has 0 fully saturated rings. The monoisotopic (exact) mass is 251 g/mol. The van der Waals surface area contributed by atoms with Gasteiger partial charge in [-0.15, -0.1) is 0 Å². The third-order valence-electron chi connectivity index (χ3n) is 2.95. The van der Waals surface area contributed by atoms with Gasteiger partial charge in [-0.25, -0.2) is 9.78 Å². The molecule has 0 aromatic carbocycles. The Labute approximate surface area is 108 Å². The van der Waals surface area contributed by atoms with Gasteiger partial charge in [0.05, 0.1) is 11.3 Å². The van der Waals surface area contributed by atoms with Crippen LogP contribution in [0.2, 0.25) is 0 Å². The summed E-state index contributed by atoms with van der Waals surface area (Å²) in [5.41, 5.74) is 6.37. The van der Waals surface area contributed by atoms with Crippen LogP contribution < -0.4 is 10.6 Å². The summed E-state index contributed by atoms with van der Waals surface area (Å²) >= 11 is 0. The highest BCUT2D eigenvalue weighted by Crippen LogP contribution is 2.23. The Morgan fingerprint density at radius 2 is 2.11 bits per heavy atom. The summed E-state index contributed by atoms with van der Waals surface area (Å²) in [5, 5.41) is 8.86. The summed E-state index contributed by atoms with van der Waals surface area (Å²) < 4.78 is 0. The molecule has 3 N–H and O–H groups in total. The first kappa shape index (κ1) is 14.3. The highest BCUT2D eigenvalue weighted by atomic mass is 16.4. The molecule has 0 radical (unpaired) electrons. The van der Waals surface area contributed by atoms with E-state index in [1.165, 1.54) is 12.3 Å². The van der Waals surface area contributed by atoms with Gasteiger partial charge in [-0.2, -0.15) is 0 Å². The van der Waals surface area contributed by atoms with Crippen molar-refractivity contribution in [3.63, 3.8) is 0 Å². The molecule has 5 nitrogen and oxygen atoms in total. The van der Waals surface area contributed by atoms with E-state index in [4.69, 9.17) is 10.8 Å². The number of anilines is 2. The summed E-state index contributed by atoms with van der Waals surface area (Å²) in [7, 11) is 1.92. The number of hydrogen-bond acceptors (Lipinski definition) is 4. The molecule has 1 heterocycles. The molecule has 0 saturated carbocycles. The second-order valence-electron chi connectivity index (χ2n) is 5.03. The van der Waals surface area contributed by atoms with E-state index in [2.05, 4.69) is 25.8 Å². The zero-order valence-corrected chi connectivity index (χ0v) is 11.3. The molecule has 18 heavy (non-hydrogen) atoms. The Kier molecular flexibility index (Phi) is 4.53. The molecular weight excluding hydrogens is 230 g/mol. The number of hydrogen-bond donors (Lipinski definition) is 2. The van der Waals surface area contributed by atoms with Crippen LogP contribution in [0.5, 0.6) is 0 Å². The zero-order chi connectivity index (χ0) is 13.9. The van der Waals surface area contributed by atoms with Gasteiger partial charge in [0.15, 0.2) is 5.82 Å². The number of nitrogen functional groups attached to an aromatic ring is 1. The van der Waals surface area contributed by atoms with Crippen LogP contribution in [0, 0.1) is 5.92 Å². The number of carboxylic acids is 1. The molecule has 1 unspecified atom stereocenters. The number of rotatable bonds is 5. The Morgan fingerprint density at radius 3 is 2.56 bits per heavy atom. The summed E-state index contributed by atoms with van der Waals surface area (Å²) in [5.74, 6) is 0.203. The minimum Gasteiger partial charge on any atom is -0.478 e. The molecule has 1 aromatic heterocycles. The quantitative estimate of drug-likeness (QED) is 0.839. The Hall–Kier alpha value is -1.78. The van der Waals surface area contributed by atoms with E-state index in [0.29, 0.717) is 23.5 Å². The minimum atomic E-state index is -1.02. The second-order valence-corrected chi connectivity index (χ2v) is 5.03. The average Bonchev–Trinajstić information content (AvgIpc) is 2.26. The van der Waals surface area contributed by atoms with Crippen molar-refractivity contribution in [2.45, 2.75) is 33.2 Å². The van der Waals surface area contributed by atoms with Crippen LogP contribution in [0.4, 0.5) is 11.5 Å².